The molecule has 11 heteroatoms. The number of alkyl halides is 9. The molecule has 0 spiro atoms. The van der Waals surface area contributed by atoms with Crippen molar-refractivity contribution in [1.29, 1.82) is 0 Å². The lowest BCUT2D eigenvalue weighted by atomic mass is 10.1. The lowest BCUT2D eigenvalue weighted by Crippen LogP contribution is -2.17. The number of aliphatic imine (C=N–C) groups is 1. The minimum atomic E-state index is -5.28. The summed E-state index contributed by atoms with van der Waals surface area (Å²) < 4.78 is 111. The van der Waals surface area contributed by atoms with E-state index in [1.807, 2.05) is 0 Å². The fourth-order valence-electron chi connectivity index (χ4n) is 1.21. The van der Waals surface area contributed by atoms with E-state index >= 15 is 0 Å². The van der Waals surface area contributed by atoms with Gasteiger partial charge in [-0.2, -0.15) is 39.5 Å². The Morgan fingerprint density at radius 1 is 0.857 bits per heavy atom. The van der Waals surface area contributed by atoms with Gasteiger partial charge in [0.15, 0.2) is 0 Å². The van der Waals surface area contributed by atoms with Crippen LogP contribution in [-0.4, -0.2) is 11.3 Å². The first-order valence-corrected chi connectivity index (χ1v) is 5.20. The van der Waals surface area contributed by atoms with Crippen LogP contribution in [0.4, 0.5) is 45.2 Å². The van der Waals surface area contributed by atoms with Crippen LogP contribution in [0.25, 0.3) is 0 Å². The maximum atomic E-state index is 12.5. The number of benzene rings is 1. The Kier molecular flexibility index (Phi) is 4.52. The van der Waals surface area contributed by atoms with Crippen molar-refractivity contribution < 1.29 is 39.5 Å². The molecule has 0 fully saturated rings. The summed E-state index contributed by atoms with van der Waals surface area (Å²) in [5.74, 6) is 0. The van der Waals surface area contributed by atoms with Crippen LogP contribution >= 0.6 is 11.6 Å². The Morgan fingerprint density at radius 2 is 1.38 bits per heavy atom. The second kappa shape index (κ2) is 5.39. The summed E-state index contributed by atoms with van der Waals surface area (Å²) in [7, 11) is 0. The first-order chi connectivity index (χ1) is 9.23. The average Bonchev–Trinajstić information content (AvgIpc) is 2.24. The highest BCUT2D eigenvalue weighted by Crippen LogP contribution is 2.41. The standard InChI is InChI=1S/C10H3ClF9N/c11-7(10(18,19)20)21-6-3-4(8(12,13)14)1-2-5(6)9(15,16)17/h1-3H. The second-order valence-electron chi connectivity index (χ2n) is 3.63. The largest absolute Gasteiger partial charge is 0.444 e. The Balaban J connectivity index is 3.52. The highest BCUT2D eigenvalue weighted by molar-refractivity contribution is 6.67. The van der Waals surface area contributed by atoms with Gasteiger partial charge in [0.05, 0.1) is 16.8 Å². The predicted molar refractivity (Wildman–Crippen MR) is 55.4 cm³/mol. The molecule has 0 N–H and O–H groups in total. The SMILES string of the molecule is FC(F)(F)C(Cl)=Nc1cc(C(F)(F)F)ccc1C(F)(F)F. The Morgan fingerprint density at radius 3 is 1.76 bits per heavy atom. The number of hydrogen-bond acceptors (Lipinski definition) is 1. The molecule has 1 aromatic rings. The van der Waals surface area contributed by atoms with Gasteiger partial charge in [-0.25, -0.2) is 4.99 Å². The third kappa shape index (κ3) is 4.51. The molecule has 0 radical (unpaired) electrons. The zero-order valence-corrected chi connectivity index (χ0v) is 10.2. The third-order valence-corrected chi connectivity index (χ3v) is 2.38. The molecule has 1 aromatic carbocycles. The van der Waals surface area contributed by atoms with Gasteiger partial charge in [-0.1, -0.05) is 11.6 Å². The summed E-state index contributed by atoms with van der Waals surface area (Å²) in [5.41, 5.74) is -4.92. The van der Waals surface area contributed by atoms with Gasteiger partial charge in [-0.15, -0.1) is 0 Å². The van der Waals surface area contributed by atoms with E-state index in [-0.39, 0.29) is 18.2 Å². The van der Waals surface area contributed by atoms with Crippen LogP contribution in [0.5, 0.6) is 0 Å². The first-order valence-electron chi connectivity index (χ1n) is 4.83. The van der Waals surface area contributed by atoms with Crippen LogP contribution in [0.15, 0.2) is 23.2 Å². The maximum absolute atomic E-state index is 12.5. The zero-order chi connectivity index (χ0) is 16.6. The molecule has 0 aliphatic rings. The zero-order valence-electron chi connectivity index (χ0n) is 9.46. The molecule has 0 aromatic heterocycles. The summed E-state index contributed by atoms with van der Waals surface area (Å²) in [5, 5.41) is -2.22. The molecule has 0 saturated heterocycles. The summed E-state index contributed by atoms with van der Waals surface area (Å²) >= 11 is 4.66. The van der Waals surface area contributed by atoms with Crippen LogP contribution in [0.1, 0.15) is 11.1 Å². The fraction of sp³-hybridized carbons (Fsp3) is 0.300. The van der Waals surface area contributed by atoms with Crippen molar-refractivity contribution in [3.8, 4) is 0 Å². The molecule has 0 saturated carbocycles. The smallest absolute Gasteiger partial charge is 0.232 e. The molecular weight excluding hydrogens is 341 g/mol. The van der Waals surface area contributed by atoms with Crippen molar-refractivity contribution in [1.82, 2.24) is 0 Å². The van der Waals surface area contributed by atoms with Gasteiger partial charge in [0.25, 0.3) is 0 Å². The van der Waals surface area contributed by atoms with Crippen molar-refractivity contribution in [2.45, 2.75) is 18.5 Å². The van der Waals surface area contributed by atoms with E-state index in [1.165, 1.54) is 0 Å². The molecule has 0 heterocycles. The van der Waals surface area contributed by atoms with Gasteiger partial charge in [0.1, 0.15) is 0 Å². The molecule has 0 aliphatic carbocycles. The number of hydrogen-bond donors (Lipinski definition) is 0. The summed E-state index contributed by atoms with van der Waals surface area (Å²) in [4.78, 5) is 2.41. The highest BCUT2D eigenvalue weighted by Gasteiger charge is 2.39. The van der Waals surface area contributed by atoms with E-state index < -0.39 is 40.5 Å². The minimum absolute atomic E-state index is 0.0117. The van der Waals surface area contributed by atoms with Crippen molar-refractivity contribution in [3.63, 3.8) is 0 Å². The normalized spacial score (nSPS) is 14.5. The molecule has 1 nitrogen and oxygen atoms in total. The molecule has 21 heavy (non-hydrogen) atoms. The lowest BCUT2D eigenvalue weighted by molar-refractivity contribution is -0.140. The quantitative estimate of drug-likeness (QED) is 0.468. The van der Waals surface area contributed by atoms with E-state index in [4.69, 9.17) is 0 Å². The minimum Gasteiger partial charge on any atom is -0.232 e. The van der Waals surface area contributed by atoms with Crippen LogP contribution in [-0.2, 0) is 12.4 Å². The Labute approximate surface area is 116 Å². The van der Waals surface area contributed by atoms with Crippen molar-refractivity contribution in [2.75, 3.05) is 0 Å². The second-order valence-corrected chi connectivity index (χ2v) is 3.99. The third-order valence-electron chi connectivity index (χ3n) is 2.08. The molecule has 0 aliphatic heterocycles. The average molecular weight is 344 g/mol. The van der Waals surface area contributed by atoms with Gasteiger partial charge >= 0.3 is 18.5 Å². The summed E-state index contributed by atoms with van der Waals surface area (Å²) in [6, 6.07) is -0.0809. The Hall–Kier alpha value is -1.45. The van der Waals surface area contributed by atoms with Gasteiger partial charge in [0, 0.05) is 0 Å². The number of nitrogens with zero attached hydrogens (tertiary/aromatic N) is 1. The van der Waals surface area contributed by atoms with Crippen LogP contribution < -0.4 is 0 Å². The van der Waals surface area contributed by atoms with E-state index in [1.54, 1.807) is 0 Å². The van der Waals surface area contributed by atoms with Crippen LogP contribution in [0.3, 0.4) is 0 Å². The van der Waals surface area contributed by atoms with Crippen molar-refractivity contribution in [3.05, 3.63) is 29.3 Å². The molecular formula is C10H3ClF9N. The van der Waals surface area contributed by atoms with Crippen molar-refractivity contribution >= 4 is 22.5 Å². The molecule has 0 atom stereocenters. The molecule has 0 amide bonds. The van der Waals surface area contributed by atoms with E-state index in [2.05, 4.69) is 16.6 Å². The predicted octanol–water partition coefficient (Wildman–Crippen LogP) is 5.56. The van der Waals surface area contributed by atoms with E-state index in [9.17, 15) is 39.5 Å². The van der Waals surface area contributed by atoms with Gasteiger partial charge in [0.2, 0.25) is 5.17 Å². The highest BCUT2D eigenvalue weighted by atomic mass is 35.5. The summed E-state index contributed by atoms with van der Waals surface area (Å²) in [6.07, 6.45) is -15.5. The monoisotopic (exact) mass is 343 g/mol. The Bertz CT molecular complexity index is 553. The topological polar surface area (TPSA) is 12.4 Å². The lowest BCUT2D eigenvalue weighted by Gasteiger charge is -2.14. The van der Waals surface area contributed by atoms with E-state index in [0.717, 1.165) is 0 Å². The molecule has 118 valence electrons. The fourth-order valence-corrected chi connectivity index (χ4v) is 1.30. The number of halogens is 10. The van der Waals surface area contributed by atoms with Crippen molar-refractivity contribution in [2.24, 2.45) is 4.99 Å². The van der Waals surface area contributed by atoms with Gasteiger partial charge < -0.3 is 0 Å². The molecule has 0 bridgehead atoms. The summed E-state index contributed by atoms with van der Waals surface area (Å²) in [6.45, 7) is 0. The van der Waals surface area contributed by atoms with Gasteiger partial charge in [-0.05, 0) is 18.2 Å². The van der Waals surface area contributed by atoms with E-state index in [0.29, 0.717) is 0 Å². The first kappa shape index (κ1) is 17.6. The van der Waals surface area contributed by atoms with Gasteiger partial charge in [-0.3, -0.25) is 0 Å². The molecule has 1 rings (SSSR count). The number of rotatable bonds is 1. The van der Waals surface area contributed by atoms with Crippen LogP contribution in [0, 0.1) is 0 Å². The maximum Gasteiger partial charge on any atom is 0.444 e. The van der Waals surface area contributed by atoms with Crippen LogP contribution in [0.2, 0.25) is 0 Å². The molecule has 0 unspecified atom stereocenters.